The van der Waals surface area contributed by atoms with Crippen molar-refractivity contribution >= 4 is 5.82 Å². The minimum atomic E-state index is -0.244. The molecular formula is C11H10FN3. The first-order valence-electron chi connectivity index (χ1n) is 4.51. The van der Waals surface area contributed by atoms with Gasteiger partial charge in [0.25, 0.3) is 0 Å². The van der Waals surface area contributed by atoms with Crippen molar-refractivity contribution in [1.82, 2.24) is 9.97 Å². The van der Waals surface area contributed by atoms with Crippen LogP contribution in [0.25, 0.3) is 11.3 Å². The van der Waals surface area contributed by atoms with Crippen LogP contribution in [0, 0.1) is 12.7 Å². The monoisotopic (exact) mass is 203 g/mol. The number of hydrogen-bond acceptors (Lipinski definition) is 3. The van der Waals surface area contributed by atoms with Crippen LogP contribution in [0.1, 0.15) is 5.56 Å². The van der Waals surface area contributed by atoms with Crippen LogP contribution >= 0.6 is 0 Å². The molecule has 3 nitrogen and oxygen atoms in total. The molecule has 0 aliphatic heterocycles. The Bertz CT molecular complexity index is 480. The second-order valence-corrected chi connectivity index (χ2v) is 3.29. The van der Waals surface area contributed by atoms with Gasteiger partial charge in [-0.3, -0.25) is 4.98 Å². The molecule has 0 amide bonds. The summed E-state index contributed by atoms with van der Waals surface area (Å²) in [6, 6.07) is 4.96. The fourth-order valence-corrected chi connectivity index (χ4v) is 1.24. The van der Waals surface area contributed by atoms with Gasteiger partial charge in [-0.05, 0) is 18.6 Å². The van der Waals surface area contributed by atoms with Crippen LogP contribution in [-0.4, -0.2) is 9.97 Å². The van der Waals surface area contributed by atoms with Crippen molar-refractivity contribution in [3.05, 3.63) is 42.0 Å². The molecule has 0 unspecified atom stereocenters. The SMILES string of the molecule is Cc1ccc(-c2cnc(N)cn2)cc1F. The van der Waals surface area contributed by atoms with E-state index in [9.17, 15) is 4.39 Å². The second-order valence-electron chi connectivity index (χ2n) is 3.29. The number of anilines is 1. The lowest BCUT2D eigenvalue weighted by atomic mass is 10.1. The molecule has 0 aliphatic rings. The van der Waals surface area contributed by atoms with Gasteiger partial charge in [0.2, 0.25) is 0 Å². The molecule has 1 aromatic carbocycles. The summed E-state index contributed by atoms with van der Waals surface area (Å²) in [5, 5.41) is 0. The maximum absolute atomic E-state index is 13.3. The molecule has 1 heterocycles. The molecular weight excluding hydrogens is 193 g/mol. The highest BCUT2D eigenvalue weighted by Gasteiger charge is 2.03. The Kier molecular flexibility index (Phi) is 2.33. The lowest BCUT2D eigenvalue weighted by Crippen LogP contribution is -1.93. The van der Waals surface area contributed by atoms with Gasteiger partial charge >= 0.3 is 0 Å². The highest BCUT2D eigenvalue weighted by atomic mass is 19.1. The third-order valence-corrected chi connectivity index (χ3v) is 2.14. The molecule has 0 aliphatic carbocycles. The number of aryl methyl sites for hydroxylation is 1. The Morgan fingerprint density at radius 3 is 2.60 bits per heavy atom. The zero-order valence-corrected chi connectivity index (χ0v) is 8.24. The molecule has 2 aromatic rings. The molecule has 4 heteroatoms. The molecule has 0 atom stereocenters. The van der Waals surface area contributed by atoms with Gasteiger partial charge in [-0.25, -0.2) is 9.37 Å². The topological polar surface area (TPSA) is 51.8 Å². The average Bonchev–Trinajstić information content (AvgIpc) is 2.23. The predicted octanol–water partition coefficient (Wildman–Crippen LogP) is 2.17. The van der Waals surface area contributed by atoms with Crippen LogP contribution in [0.4, 0.5) is 10.2 Å². The van der Waals surface area contributed by atoms with Crippen LogP contribution in [-0.2, 0) is 0 Å². The second kappa shape index (κ2) is 3.65. The van der Waals surface area contributed by atoms with Gasteiger partial charge in [-0.1, -0.05) is 12.1 Å². The van der Waals surface area contributed by atoms with E-state index in [1.165, 1.54) is 18.5 Å². The number of benzene rings is 1. The normalized spacial score (nSPS) is 10.3. The van der Waals surface area contributed by atoms with Crippen molar-refractivity contribution in [2.24, 2.45) is 0 Å². The maximum atomic E-state index is 13.3. The van der Waals surface area contributed by atoms with Gasteiger partial charge in [0.05, 0.1) is 18.1 Å². The average molecular weight is 203 g/mol. The predicted molar refractivity (Wildman–Crippen MR) is 56.6 cm³/mol. The molecule has 0 bridgehead atoms. The largest absolute Gasteiger partial charge is 0.382 e. The summed E-state index contributed by atoms with van der Waals surface area (Å²) >= 11 is 0. The lowest BCUT2D eigenvalue weighted by Gasteiger charge is -2.02. The van der Waals surface area contributed by atoms with E-state index in [4.69, 9.17) is 5.73 Å². The zero-order chi connectivity index (χ0) is 10.8. The smallest absolute Gasteiger partial charge is 0.141 e. The highest BCUT2D eigenvalue weighted by Crippen LogP contribution is 2.19. The Labute approximate surface area is 86.8 Å². The van der Waals surface area contributed by atoms with Crippen LogP contribution in [0.2, 0.25) is 0 Å². The van der Waals surface area contributed by atoms with Gasteiger partial charge < -0.3 is 5.73 Å². The first kappa shape index (κ1) is 9.58. The Morgan fingerprint density at radius 2 is 2.00 bits per heavy atom. The van der Waals surface area contributed by atoms with Crippen molar-refractivity contribution in [2.45, 2.75) is 6.92 Å². The summed E-state index contributed by atoms with van der Waals surface area (Å²) in [5.41, 5.74) is 7.34. The zero-order valence-electron chi connectivity index (χ0n) is 8.24. The van der Waals surface area contributed by atoms with E-state index >= 15 is 0 Å². The molecule has 1 aromatic heterocycles. The van der Waals surface area contributed by atoms with Crippen molar-refractivity contribution in [2.75, 3.05) is 5.73 Å². The quantitative estimate of drug-likeness (QED) is 0.772. The Balaban J connectivity index is 2.45. The minimum Gasteiger partial charge on any atom is -0.382 e. The molecule has 15 heavy (non-hydrogen) atoms. The fraction of sp³-hybridized carbons (Fsp3) is 0.0909. The van der Waals surface area contributed by atoms with Gasteiger partial charge in [0.15, 0.2) is 0 Å². The van der Waals surface area contributed by atoms with Crippen molar-refractivity contribution in [1.29, 1.82) is 0 Å². The number of aromatic nitrogens is 2. The van der Waals surface area contributed by atoms with E-state index in [2.05, 4.69) is 9.97 Å². The first-order chi connectivity index (χ1) is 7.16. The fourth-order valence-electron chi connectivity index (χ4n) is 1.24. The first-order valence-corrected chi connectivity index (χ1v) is 4.51. The Hall–Kier alpha value is -1.97. The molecule has 0 radical (unpaired) electrons. The minimum absolute atomic E-state index is 0.244. The van der Waals surface area contributed by atoms with E-state index in [-0.39, 0.29) is 5.82 Å². The maximum Gasteiger partial charge on any atom is 0.141 e. The van der Waals surface area contributed by atoms with Gasteiger partial charge in [-0.2, -0.15) is 0 Å². The standard InChI is InChI=1S/C11H10FN3/c1-7-2-3-8(4-9(7)12)10-5-15-11(13)6-14-10/h2-6H,1H3,(H2,13,15). The van der Waals surface area contributed by atoms with Crippen molar-refractivity contribution in [3.63, 3.8) is 0 Å². The molecule has 2 rings (SSSR count). The summed E-state index contributed by atoms with van der Waals surface area (Å²) in [5.74, 6) is 0.109. The van der Waals surface area contributed by atoms with Crippen LogP contribution in [0.15, 0.2) is 30.6 Å². The number of nitrogens with zero attached hydrogens (tertiary/aromatic N) is 2. The van der Waals surface area contributed by atoms with Crippen molar-refractivity contribution < 1.29 is 4.39 Å². The summed E-state index contributed by atoms with van der Waals surface area (Å²) in [6.07, 6.45) is 2.98. The van der Waals surface area contributed by atoms with Crippen LogP contribution in [0.5, 0.6) is 0 Å². The summed E-state index contributed by atoms with van der Waals surface area (Å²) in [4.78, 5) is 7.97. The number of hydrogen-bond donors (Lipinski definition) is 1. The Morgan fingerprint density at radius 1 is 1.20 bits per heavy atom. The third-order valence-electron chi connectivity index (χ3n) is 2.14. The van der Waals surface area contributed by atoms with Crippen LogP contribution < -0.4 is 5.73 Å². The van der Waals surface area contributed by atoms with Gasteiger partial charge in [0, 0.05) is 5.56 Å². The molecule has 0 saturated carbocycles. The van der Waals surface area contributed by atoms with Crippen LogP contribution in [0.3, 0.4) is 0 Å². The number of halogens is 1. The van der Waals surface area contributed by atoms with Gasteiger partial charge in [-0.15, -0.1) is 0 Å². The van der Waals surface area contributed by atoms with Gasteiger partial charge in [0.1, 0.15) is 11.6 Å². The molecule has 0 saturated heterocycles. The number of nitrogen functional groups attached to an aromatic ring is 1. The van der Waals surface area contributed by atoms with E-state index in [1.807, 2.05) is 0 Å². The van der Waals surface area contributed by atoms with E-state index < -0.39 is 0 Å². The van der Waals surface area contributed by atoms with E-state index in [0.717, 1.165) is 0 Å². The summed E-state index contributed by atoms with van der Waals surface area (Å²) < 4.78 is 13.3. The number of nitrogens with two attached hydrogens (primary N) is 1. The molecule has 0 spiro atoms. The highest BCUT2D eigenvalue weighted by molar-refractivity contribution is 5.59. The summed E-state index contributed by atoms with van der Waals surface area (Å²) in [7, 11) is 0. The number of rotatable bonds is 1. The van der Waals surface area contributed by atoms with E-state index in [1.54, 1.807) is 19.1 Å². The molecule has 2 N–H and O–H groups in total. The lowest BCUT2D eigenvalue weighted by molar-refractivity contribution is 0.619. The van der Waals surface area contributed by atoms with Crippen molar-refractivity contribution in [3.8, 4) is 11.3 Å². The van der Waals surface area contributed by atoms with E-state index in [0.29, 0.717) is 22.6 Å². The molecule has 0 fully saturated rings. The molecule has 76 valence electrons. The summed E-state index contributed by atoms with van der Waals surface area (Å²) in [6.45, 7) is 1.72. The third kappa shape index (κ3) is 1.93.